The SMILES string of the molecule is CCCNC(=O)[C@H](CCc1ccccc1)NC(=O)c1cc(-c2c(OC)cccc2OC)n(CC(C)CC)n1. The van der Waals surface area contributed by atoms with Crippen molar-refractivity contribution in [3.8, 4) is 22.8 Å². The Bertz CT molecular complexity index is 1170. The summed E-state index contributed by atoms with van der Waals surface area (Å²) < 4.78 is 13.1. The summed E-state index contributed by atoms with van der Waals surface area (Å²) in [5, 5.41) is 10.5. The van der Waals surface area contributed by atoms with Gasteiger partial charge in [-0.1, -0.05) is 63.6 Å². The molecule has 8 heteroatoms. The number of amides is 2. The smallest absolute Gasteiger partial charge is 0.272 e. The summed E-state index contributed by atoms with van der Waals surface area (Å²) in [7, 11) is 3.21. The zero-order valence-corrected chi connectivity index (χ0v) is 23.1. The Morgan fingerprint density at radius 2 is 1.68 bits per heavy atom. The quantitative estimate of drug-likeness (QED) is 0.316. The topological polar surface area (TPSA) is 94.5 Å². The van der Waals surface area contributed by atoms with Crippen molar-refractivity contribution in [2.45, 2.75) is 59.0 Å². The van der Waals surface area contributed by atoms with Gasteiger partial charge in [0.1, 0.15) is 17.5 Å². The van der Waals surface area contributed by atoms with Gasteiger partial charge in [0, 0.05) is 13.1 Å². The molecule has 0 radical (unpaired) electrons. The Balaban J connectivity index is 1.93. The van der Waals surface area contributed by atoms with Crippen LogP contribution in [-0.2, 0) is 17.8 Å². The number of carbonyl (C=O) groups excluding carboxylic acids is 2. The minimum absolute atomic E-state index is 0.193. The lowest BCUT2D eigenvalue weighted by Gasteiger charge is -2.18. The summed E-state index contributed by atoms with van der Waals surface area (Å²) in [5.74, 6) is 1.00. The molecule has 0 saturated heterocycles. The summed E-state index contributed by atoms with van der Waals surface area (Å²) in [5.41, 5.74) is 2.80. The lowest BCUT2D eigenvalue weighted by atomic mass is 10.0. The molecular weight excluding hydrogens is 480 g/mol. The Morgan fingerprint density at radius 3 is 2.29 bits per heavy atom. The summed E-state index contributed by atoms with van der Waals surface area (Å²) in [4.78, 5) is 26.4. The van der Waals surface area contributed by atoms with Gasteiger partial charge in [-0.15, -0.1) is 0 Å². The summed E-state index contributed by atoms with van der Waals surface area (Å²) in [6.45, 7) is 7.43. The molecule has 8 nitrogen and oxygen atoms in total. The van der Waals surface area contributed by atoms with E-state index >= 15 is 0 Å². The van der Waals surface area contributed by atoms with Crippen LogP contribution in [-0.4, -0.2) is 48.4 Å². The van der Waals surface area contributed by atoms with Gasteiger partial charge in [0.2, 0.25) is 5.91 Å². The number of nitrogens with zero attached hydrogens (tertiary/aromatic N) is 2. The third-order valence-electron chi connectivity index (χ3n) is 6.61. The fraction of sp³-hybridized carbons (Fsp3) is 0.433. The molecule has 2 aromatic carbocycles. The van der Waals surface area contributed by atoms with Crippen molar-refractivity contribution in [3.63, 3.8) is 0 Å². The van der Waals surface area contributed by atoms with Crippen LogP contribution in [0.15, 0.2) is 54.6 Å². The first-order valence-electron chi connectivity index (χ1n) is 13.3. The molecule has 0 aliphatic heterocycles. The maximum Gasteiger partial charge on any atom is 0.272 e. The van der Waals surface area contributed by atoms with Crippen LogP contribution in [0.5, 0.6) is 11.5 Å². The molecule has 0 spiro atoms. The average molecular weight is 521 g/mol. The Morgan fingerprint density at radius 1 is 1.00 bits per heavy atom. The predicted octanol–water partition coefficient (Wildman–Crippen LogP) is 4.87. The second-order valence-corrected chi connectivity index (χ2v) is 9.49. The molecule has 0 saturated carbocycles. The molecule has 3 rings (SSSR count). The van der Waals surface area contributed by atoms with Gasteiger partial charge in [0.15, 0.2) is 5.69 Å². The number of methoxy groups -OCH3 is 2. The molecule has 0 bridgehead atoms. The normalized spacial score (nSPS) is 12.4. The van der Waals surface area contributed by atoms with E-state index in [-0.39, 0.29) is 11.6 Å². The summed E-state index contributed by atoms with van der Waals surface area (Å²) in [6.07, 6.45) is 2.92. The van der Waals surface area contributed by atoms with Gasteiger partial charge < -0.3 is 20.1 Å². The molecule has 0 fully saturated rings. The monoisotopic (exact) mass is 520 g/mol. The highest BCUT2D eigenvalue weighted by atomic mass is 16.5. The third kappa shape index (κ3) is 7.37. The lowest BCUT2D eigenvalue weighted by molar-refractivity contribution is -0.123. The Hall–Kier alpha value is -3.81. The molecule has 0 aliphatic rings. The highest BCUT2D eigenvalue weighted by molar-refractivity contribution is 5.97. The Labute approximate surface area is 225 Å². The highest BCUT2D eigenvalue weighted by Gasteiger charge is 2.26. The van der Waals surface area contributed by atoms with Gasteiger partial charge >= 0.3 is 0 Å². The zero-order valence-electron chi connectivity index (χ0n) is 23.1. The predicted molar refractivity (Wildman–Crippen MR) is 150 cm³/mol. The first kappa shape index (κ1) is 28.8. The van der Waals surface area contributed by atoms with Crippen LogP contribution < -0.4 is 20.1 Å². The number of nitrogens with one attached hydrogen (secondary N) is 2. The maximum absolute atomic E-state index is 13.5. The summed E-state index contributed by atoms with van der Waals surface area (Å²) >= 11 is 0. The molecule has 1 unspecified atom stereocenters. The number of rotatable bonds is 14. The molecule has 1 aromatic heterocycles. The third-order valence-corrected chi connectivity index (χ3v) is 6.61. The number of aromatic nitrogens is 2. The minimum atomic E-state index is -0.682. The largest absolute Gasteiger partial charge is 0.496 e. The zero-order chi connectivity index (χ0) is 27.5. The van der Waals surface area contributed by atoms with Crippen LogP contribution in [0.25, 0.3) is 11.3 Å². The van der Waals surface area contributed by atoms with E-state index in [0.717, 1.165) is 29.7 Å². The second-order valence-electron chi connectivity index (χ2n) is 9.49. The molecule has 0 aliphatic carbocycles. The van der Waals surface area contributed by atoms with Crippen molar-refractivity contribution in [2.24, 2.45) is 5.92 Å². The van der Waals surface area contributed by atoms with Crippen LogP contribution >= 0.6 is 0 Å². The van der Waals surface area contributed by atoms with E-state index in [1.807, 2.05) is 60.1 Å². The number of ether oxygens (including phenoxy) is 2. The molecule has 38 heavy (non-hydrogen) atoms. The average Bonchev–Trinajstić information content (AvgIpc) is 3.36. The molecule has 2 amide bonds. The van der Waals surface area contributed by atoms with E-state index < -0.39 is 11.9 Å². The van der Waals surface area contributed by atoms with Crippen LogP contribution in [0, 0.1) is 5.92 Å². The van der Waals surface area contributed by atoms with E-state index in [0.29, 0.717) is 43.3 Å². The van der Waals surface area contributed by atoms with E-state index in [2.05, 4.69) is 29.6 Å². The molecule has 2 N–H and O–H groups in total. The van der Waals surface area contributed by atoms with Crippen molar-refractivity contribution in [2.75, 3.05) is 20.8 Å². The van der Waals surface area contributed by atoms with Crippen LogP contribution in [0.1, 0.15) is 56.1 Å². The maximum atomic E-state index is 13.5. The van der Waals surface area contributed by atoms with Crippen molar-refractivity contribution in [1.29, 1.82) is 0 Å². The van der Waals surface area contributed by atoms with Crippen molar-refractivity contribution in [3.05, 3.63) is 65.9 Å². The van der Waals surface area contributed by atoms with Gasteiger partial charge in [0.05, 0.1) is 25.5 Å². The number of aryl methyl sites for hydroxylation is 1. The molecule has 3 aromatic rings. The minimum Gasteiger partial charge on any atom is -0.496 e. The molecule has 204 valence electrons. The molecule has 1 heterocycles. The first-order valence-corrected chi connectivity index (χ1v) is 13.3. The molecular formula is C30H40N4O4. The Kier molecular flexibility index (Phi) is 10.8. The van der Waals surface area contributed by atoms with Gasteiger partial charge in [-0.3, -0.25) is 14.3 Å². The number of hydrogen-bond acceptors (Lipinski definition) is 5. The van der Waals surface area contributed by atoms with Crippen molar-refractivity contribution in [1.82, 2.24) is 20.4 Å². The molecule has 2 atom stereocenters. The van der Waals surface area contributed by atoms with Gasteiger partial charge in [-0.25, -0.2) is 0 Å². The van der Waals surface area contributed by atoms with Gasteiger partial charge in [-0.2, -0.15) is 5.10 Å². The lowest BCUT2D eigenvalue weighted by Crippen LogP contribution is -2.47. The van der Waals surface area contributed by atoms with E-state index in [4.69, 9.17) is 9.47 Å². The van der Waals surface area contributed by atoms with E-state index in [9.17, 15) is 9.59 Å². The van der Waals surface area contributed by atoms with Crippen molar-refractivity contribution < 1.29 is 19.1 Å². The number of hydrogen-bond donors (Lipinski definition) is 2. The van der Waals surface area contributed by atoms with Crippen LogP contribution in [0.3, 0.4) is 0 Å². The van der Waals surface area contributed by atoms with Crippen LogP contribution in [0.4, 0.5) is 0 Å². The van der Waals surface area contributed by atoms with Crippen molar-refractivity contribution >= 4 is 11.8 Å². The van der Waals surface area contributed by atoms with E-state index in [1.54, 1.807) is 20.3 Å². The second kappa shape index (κ2) is 14.2. The summed E-state index contributed by atoms with van der Waals surface area (Å²) in [6, 6.07) is 16.6. The highest BCUT2D eigenvalue weighted by Crippen LogP contribution is 2.39. The fourth-order valence-corrected chi connectivity index (χ4v) is 4.22. The van der Waals surface area contributed by atoms with Crippen LogP contribution in [0.2, 0.25) is 0 Å². The van der Waals surface area contributed by atoms with E-state index in [1.165, 1.54) is 0 Å². The van der Waals surface area contributed by atoms with Gasteiger partial charge in [-0.05, 0) is 48.9 Å². The standard InChI is InChI=1S/C30H40N4O4/c1-6-18-31-29(35)23(17-16-22-12-9-8-10-13-22)32-30(36)24-19-25(34(33-24)20-21(3)7-2)28-26(37-4)14-11-15-27(28)38-5/h8-15,19,21,23H,6-7,16-18,20H2,1-5H3,(H,31,35)(H,32,36)/t21?,23-/m0/s1. The number of carbonyl (C=O) groups is 2. The van der Waals surface area contributed by atoms with Gasteiger partial charge in [0.25, 0.3) is 5.91 Å². The number of benzene rings is 2. The first-order chi connectivity index (χ1) is 18.4. The fourth-order valence-electron chi connectivity index (χ4n) is 4.22.